The van der Waals surface area contributed by atoms with Gasteiger partial charge in [-0.25, -0.2) is 62.0 Å². The number of halogens is 18. The largest absolute Gasteiger partial charge is 0.481 e. The molecular formula is C71H61F18N7O6S3. The van der Waals surface area contributed by atoms with Gasteiger partial charge in [-0.15, -0.1) is 23.5 Å². The maximum absolute atomic E-state index is 13.6. The number of ketones is 2. The number of hydrogen-bond donors (Lipinski definition) is 2. The summed E-state index contributed by atoms with van der Waals surface area (Å²) in [4.78, 5) is 38.0. The lowest BCUT2D eigenvalue weighted by molar-refractivity contribution is -0.144. The number of sulfone groups is 1. The summed E-state index contributed by atoms with van der Waals surface area (Å²) >= 11 is 3.03. The second-order valence-corrected chi connectivity index (χ2v) is 29.1. The van der Waals surface area contributed by atoms with Gasteiger partial charge in [-0.05, 0) is 197 Å². The summed E-state index contributed by atoms with van der Waals surface area (Å²) in [6.45, 7) is -0.125. The van der Waals surface area contributed by atoms with E-state index < -0.39 is 110 Å². The Balaban J connectivity index is 0.000000171. The molecule has 13 nitrogen and oxygen atoms in total. The van der Waals surface area contributed by atoms with E-state index in [2.05, 4.69) is 15.3 Å². The van der Waals surface area contributed by atoms with Gasteiger partial charge in [-0.2, -0.15) is 54.8 Å². The molecule has 560 valence electrons. The van der Waals surface area contributed by atoms with E-state index in [1.54, 1.807) is 24.3 Å². The highest BCUT2D eigenvalue weighted by atomic mass is 32.2. The van der Waals surface area contributed by atoms with Crippen molar-refractivity contribution in [3.63, 3.8) is 0 Å². The molecular weight excluding hydrogens is 1480 g/mol. The molecule has 3 aliphatic rings. The topological polar surface area (TPSA) is 185 Å². The Bertz CT molecular complexity index is 4540. The molecule has 4 unspecified atom stereocenters. The van der Waals surface area contributed by atoms with Crippen LogP contribution in [0, 0.1) is 35.2 Å². The number of nitrogens with zero attached hydrogens (tertiary/aromatic N) is 6. The number of hydrogen-bond acceptors (Lipinski definition) is 11. The number of aromatic nitrogens is 6. The van der Waals surface area contributed by atoms with Crippen molar-refractivity contribution in [3.05, 3.63) is 232 Å². The van der Waals surface area contributed by atoms with Crippen LogP contribution in [0.4, 0.5) is 79.0 Å². The van der Waals surface area contributed by atoms with E-state index >= 15 is 0 Å². The first-order valence-electron chi connectivity index (χ1n) is 31.9. The van der Waals surface area contributed by atoms with Gasteiger partial charge in [0.2, 0.25) is 0 Å². The number of nitrogens with two attached hydrogens (primary N) is 1. The van der Waals surface area contributed by atoms with Crippen molar-refractivity contribution >= 4 is 50.9 Å². The smallest absolute Gasteiger partial charge is 0.416 e. The van der Waals surface area contributed by atoms with Gasteiger partial charge >= 0.3 is 24.5 Å². The molecule has 0 aliphatic heterocycles. The Morgan fingerprint density at radius 2 is 0.762 bits per heavy atom. The number of alkyl halides is 15. The molecule has 0 spiro atoms. The first-order chi connectivity index (χ1) is 49.5. The summed E-state index contributed by atoms with van der Waals surface area (Å²) in [5, 5.41) is 19.4. The summed E-state index contributed by atoms with van der Waals surface area (Å²) in [5.41, 5.74) is 2.17. The first-order valence-corrected chi connectivity index (χ1v) is 35.2. The molecule has 34 heteroatoms. The predicted octanol–water partition coefficient (Wildman–Crippen LogP) is 18.8. The number of benzene rings is 6. The number of aryl methyl sites for hydroxylation is 2. The van der Waals surface area contributed by atoms with E-state index in [9.17, 15) is 102 Å². The van der Waals surface area contributed by atoms with E-state index in [1.807, 2.05) is 0 Å². The fraction of sp³-hybridized carbons (Fsp3) is 0.324. The fourth-order valence-electron chi connectivity index (χ4n) is 11.3. The molecule has 3 N–H and O–H groups in total. The predicted molar refractivity (Wildman–Crippen MR) is 350 cm³/mol. The van der Waals surface area contributed by atoms with Crippen molar-refractivity contribution < 1.29 is 107 Å². The van der Waals surface area contributed by atoms with E-state index in [-0.39, 0.29) is 117 Å². The molecule has 6 atom stereocenters. The minimum Gasteiger partial charge on any atom is -0.481 e. The van der Waals surface area contributed by atoms with E-state index in [0.29, 0.717) is 12.8 Å². The van der Waals surface area contributed by atoms with E-state index in [0.717, 1.165) is 140 Å². The van der Waals surface area contributed by atoms with Crippen LogP contribution in [0.1, 0.15) is 121 Å². The van der Waals surface area contributed by atoms with E-state index in [1.165, 1.54) is 66.4 Å². The van der Waals surface area contributed by atoms with Crippen molar-refractivity contribution in [3.8, 4) is 17.1 Å². The van der Waals surface area contributed by atoms with Gasteiger partial charge in [-0.3, -0.25) is 14.4 Å². The number of carboxylic acids is 1. The molecule has 3 aliphatic carbocycles. The Morgan fingerprint density at radius 1 is 0.448 bits per heavy atom. The Hall–Kier alpha value is -8.89. The van der Waals surface area contributed by atoms with Crippen LogP contribution in [0.5, 0.6) is 0 Å². The summed E-state index contributed by atoms with van der Waals surface area (Å²) in [7, 11) is -3.87. The number of carbonyl (C=O) groups is 3. The third kappa shape index (κ3) is 20.6. The van der Waals surface area contributed by atoms with Gasteiger partial charge in [0.15, 0.2) is 9.84 Å². The zero-order chi connectivity index (χ0) is 76.5. The Kier molecular flexibility index (Phi) is 26.1. The SMILES string of the molecule is NCc1cn(-c2ccc(C(F)(F)F)cc2)nc1C(F)F.O=C(CCc1cn(-c2ccc(C(F)(F)F)cc2)nc1C(F)F)C1CCC1Sc1ccc(F)cc1.O=C(CCc1cn(-c2ccc(C(F)(F)F)cc2)nc1C(F)F)[C@@H]1CC[C@@H]1S(=O)(=O)c1ccc(F)cc1.O=C(O)C1CCC1Sc1ccc(F)cc1. The quantitative estimate of drug-likeness (QED) is 0.0484. The highest BCUT2D eigenvalue weighted by Crippen LogP contribution is 2.45. The fourth-order valence-corrected chi connectivity index (χ4v) is 16.0. The molecule has 12 rings (SSSR count). The second kappa shape index (κ2) is 34.1. The number of Topliss-reactive ketones (excluding diaryl/α,β-unsaturated/α-hetero) is 2. The Morgan fingerprint density at radius 3 is 1.05 bits per heavy atom. The summed E-state index contributed by atoms with van der Waals surface area (Å²) < 4.78 is 261. The third-order valence-corrected chi connectivity index (χ3v) is 22.6. The molecule has 0 amide bonds. The maximum Gasteiger partial charge on any atom is 0.416 e. The van der Waals surface area contributed by atoms with Gasteiger partial charge in [0.25, 0.3) is 19.3 Å². The van der Waals surface area contributed by atoms with Crippen LogP contribution in [-0.4, -0.2) is 76.2 Å². The highest BCUT2D eigenvalue weighted by molar-refractivity contribution is 8.00. The highest BCUT2D eigenvalue weighted by Gasteiger charge is 2.46. The average molecular weight is 1550 g/mol. The summed E-state index contributed by atoms with van der Waals surface area (Å²) in [6.07, 6.45) is -14.7. The molecule has 3 saturated carbocycles. The minimum absolute atomic E-state index is 0.0339. The first kappa shape index (κ1) is 80.2. The third-order valence-electron chi connectivity index (χ3n) is 17.5. The van der Waals surface area contributed by atoms with Crippen molar-refractivity contribution in [2.45, 2.75) is 139 Å². The minimum atomic E-state index is -4.55. The zero-order valence-corrected chi connectivity index (χ0v) is 56.8. The molecule has 3 fully saturated rings. The number of rotatable bonds is 22. The zero-order valence-electron chi connectivity index (χ0n) is 54.3. The van der Waals surface area contributed by atoms with Crippen molar-refractivity contribution in [2.75, 3.05) is 0 Å². The van der Waals surface area contributed by atoms with Crippen molar-refractivity contribution in [1.82, 2.24) is 29.3 Å². The lowest BCUT2D eigenvalue weighted by atomic mass is 9.80. The van der Waals surface area contributed by atoms with E-state index in [4.69, 9.17) is 10.8 Å². The normalized spacial score (nSPS) is 18.0. The molecule has 0 bridgehead atoms. The summed E-state index contributed by atoms with van der Waals surface area (Å²) in [5.74, 6) is -3.59. The molecule has 105 heavy (non-hydrogen) atoms. The molecule has 0 radical (unpaired) electrons. The monoisotopic (exact) mass is 1550 g/mol. The van der Waals surface area contributed by atoms with Gasteiger partial charge in [0.1, 0.15) is 46.1 Å². The number of carbonyl (C=O) groups excluding carboxylic acids is 2. The standard InChI is InChI=1S/C24H20F6N2O3S.C24H20F6N2OS.C12H10F5N3.C11H11FO2S/c25-16-4-8-18(9-5-16)36(34,35)21-12-10-19(21)20(33)11-1-14-13-32(31-22(14)23(26)27)17-6-2-15(3-7-17)24(28,29)30;25-16-4-8-18(9-5-16)34-21-12-10-19(21)20(33)11-1-14-13-32(31-22(14)23(26)27)17-6-2-15(3-7-17)24(28,29)30;13-11(14)10-7(5-18)6-20(19-10)9-3-1-8(2-4-9)12(15,16)17;12-7-1-3-8(4-2-7)15-10-6-5-9(10)11(13)14/h2-9,13,19,21,23H,1,10-12H2;2-9,13,19,21,23H,1,10-12H2;1-4,6,11H,5,18H2;1-4,9-10H,5-6H2,(H,13,14)/t19-,21-;;;/m0.../s1. The van der Waals surface area contributed by atoms with Gasteiger partial charge < -0.3 is 10.8 Å². The van der Waals surface area contributed by atoms with Gasteiger partial charge in [-0.1, -0.05) is 0 Å². The lowest BCUT2D eigenvalue weighted by Gasteiger charge is -2.35. The van der Waals surface area contributed by atoms with Crippen LogP contribution in [0.15, 0.2) is 179 Å². The molecule has 9 aromatic rings. The van der Waals surface area contributed by atoms with Crippen molar-refractivity contribution in [1.29, 1.82) is 0 Å². The molecule has 0 saturated heterocycles. The number of aliphatic carboxylic acids is 1. The van der Waals surface area contributed by atoms with Crippen LogP contribution in [0.25, 0.3) is 17.1 Å². The van der Waals surface area contributed by atoms with Crippen LogP contribution in [-0.2, 0) is 62.1 Å². The molecule has 6 aromatic carbocycles. The Labute approximate surface area is 596 Å². The molecule has 3 heterocycles. The number of carboxylic acid groups (broad SMARTS) is 1. The van der Waals surface area contributed by atoms with Crippen LogP contribution in [0.2, 0.25) is 0 Å². The van der Waals surface area contributed by atoms with Crippen LogP contribution >= 0.6 is 23.5 Å². The lowest BCUT2D eigenvalue weighted by Crippen LogP contribution is -2.43. The van der Waals surface area contributed by atoms with Crippen molar-refractivity contribution in [2.24, 2.45) is 23.5 Å². The molecule has 3 aromatic heterocycles. The van der Waals surface area contributed by atoms with Gasteiger partial charge in [0, 0.05) is 86.8 Å². The van der Waals surface area contributed by atoms with Crippen LogP contribution in [0.3, 0.4) is 0 Å². The number of thioether (sulfide) groups is 2. The van der Waals surface area contributed by atoms with Gasteiger partial charge in [0.05, 0.1) is 49.8 Å². The second-order valence-electron chi connectivity index (χ2n) is 24.3. The summed E-state index contributed by atoms with van der Waals surface area (Å²) in [6, 6.07) is 28.4. The maximum atomic E-state index is 13.6. The average Bonchev–Trinajstić information content (AvgIpc) is 1.54. The van der Waals surface area contributed by atoms with Crippen LogP contribution < -0.4 is 5.73 Å².